The first-order valence-electron chi connectivity index (χ1n) is 6.67. The maximum absolute atomic E-state index is 12.3. The molecule has 4 heteroatoms. The van der Waals surface area contributed by atoms with E-state index in [1.54, 1.807) is 4.90 Å². The molecule has 1 amide bonds. The number of β-amino-alcohol motifs (C(OH)–C–C–N with tert-alkyl or cyclic N) is 1. The summed E-state index contributed by atoms with van der Waals surface area (Å²) in [5, 5.41) is 10.6. The molecule has 0 aliphatic carbocycles. The van der Waals surface area contributed by atoms with Crippen molar-refractivity contribution in [3.63, 3.8) is 0 Å². The highest BCUT2D eigenvalue weighted by molar-refractivity contribution is 5.90. The van der Waals surface area contributed by atoms with E-state index in [2.05, 4.69) is 4.98 Å². The molecule has 2 N–H and O–H groups in total. The second-order valence-corrected chi connectivity index (χ2v) is 5.23. The standard InChI is InChI=1S/C15H18N2O2/c1-10-13(12-4-2-3-5-14(12)16-10)8-15(19)17-7-6-11(18)9-17/h2-5,11,16,18H,6-9H2,1H3/t11-/m0/s1. The average molecular weight is 258 g/mol. The van der Waals surface area contributed by atoms with E-state index < -0.39 is 0 Å². The van der Waals surface area contributed by atoms with Gasteiger partial charge in [0.2, 0.25) is 5.91 Å². The van der Waals surface area contributed by atoms with Crippen LogP contribution in [0, 0.1) is 6.92 Å². The molecule has 1 saturated heterocycles. The predicted molar refractivity (Wildman–Crippen MR) is 73.9 cm³/mol. The number of aliphatic hydroxyl groups excluding tert-OH is 1. The maximum atomic E-state index is 12.3. The topological polar surface area (TPSA) is 56.3 Å². The molecule has 4 nitrogen and oxygen atoms in total. The van der Waals surface area contributed by atoms with E-state index in [1.165, 1.54) is 0 Å². The van der Waals surface area contributed by atoms with Gasteiger partial charge in [-0.2, -0.15) is 0 Å². The van der Waals surface area contributed by atoms with Crippen molar-refractivity contribution in [3.05, 3.63) is 35.5 Å². The number of amides is 1. The molecule has 0 unspecified atom stereocenters. The molecule has 1 aromatic carbocycles. The number of H-pyrrole nitrogens is 1. The molecule has 19 heavy (non-hydrogen) atoms. The lowest BCUT2D eigenvalue weighted by Gasteiger charge is -2.15. The van der Waals surface area contributed by atoms with Crippen molar-refractivity contribution in [3.8, 4) is 0 Å². The third kappa shape index (κ3) is 2.24. The van der Waals surface area contributed by atoms with Crippen LogP contribution in [0.3, 0.4) is 0 Å². The number of hydrogen-bond acceptors (Lipinski definition) is 2. The molecule has 1 aliphatic rings. The lowest BCUT2D eigenvalue weighted by atomic mass is 10.1. The van der Waals surface area contributed by atoms with Gasteiger partial charge in [0.05, 0.1) is 12.5 Å². The summed E-state index contributed by atoms with van der Waals surface area (Å²) < 4.78 is 0. The van der Waals surface area contributed by atoms with Gasteiger partial charge < -0.3 is 15.0 Å². The van der Waals surface area contributed by atoms with E-state index in [4.69, 9.17) is 0 Å². The lowest BCUT2D eigenvalue weighted by Crippen LogP contribution is -2.30. The van der Waals surface area contributed by atoms with Crippen LogP contribution in [0.4, 0.5) is 0 Å². The number of nitrogens with zero attached hydrogens (tertiary/aromatic N) is 1. The highest BCUT2D eigenvalue weighted by atomic mass is 16.3. The van der Waals surface area contributed by atoms with E-state index in [0.29, 0.717) is 25.9 Å². The Morgan fingerprint density at radius 2 is 2.26 bits per heavy atom. The fourth-order valence-corrected chi connectivity index (χ4v) is 2.79. The molecule has 1 atom stereocenters. The fraction of sp³-hybridized carbons (Fsp3) is 0.400. The summed E-state index contributed by atoms with van der Waals surface area (Å²) in [4.78, 5) is 17.3. The first kappa shape index (κ1) is 12.2. The largest absolute Gasteiger partial charge is 0.391 e. The number of carbonyl (C=O) groups is 1. The minimum Gasteiger partial charge on any atom is -0.391 e. The van der Waals surface area contributed by atoms with E-state index in [9.17, 15) is 9.90 Å². The van der Waals surface area contributed by atoms with E-state index in [-0.39, 0.29) is 12.0 Å². The maximum Gasteiger partial charge on any atom is 0.227 e. The average Bonchev–Trinajstić information content (AvgIpc) is 2.95. The summed E-state index contributed by atoms with van der Waals surface area (Å²) in [6.07, 6.45) is 0.745. The van der Waals surface area contributed by atoms with Gasteiger partial charge in [-0.25, -0.2) is 0 Å². The number of aromatic nitrogens is 1. The number of aliphatic hydroxyl groups is 1. The van der Waals surface area contributed by atoms with Crippen molar-refractivity contribution in [2.45, 2.75) is 25.9 Å². The monoisotopic (exact) mass is 258 g/mol. The van der Waals surface area contributed by atoms with E-state index in [1.807, 2.05) is 31.2 Å². The molecule has 3 rings (SSSR count). The van der Waals surface area contributed by atoms with Gasteiger partial charge in [-0.15, -0.1) is 0 Å². The normalized spacial score (nSPS) is 19.3. The molecule has 0 saturated carbocycles. The number of rotatable bonds is 2. The molecule has 2 heterocycles. The Morgan fingerprint density at radius 3 is 3.00 bits per heavy atom. The molecular formula is C15H18N2O2. The number of aromatic amines is 1. The fourth-order valence-electron chi connectivity index (χ4n) is 2.79. The third-order valence-electron chi connectivity index (χ3n) is 3.87. The summed E-state index contributed by atoms with van der Waals surface area (Å²) in [7, 11) is 0. The number of fused-ring (bicyclic) bond motifs is 1. The first-order chi connectivity index (χ1) is 9.15. The molecule has 1 aliphatic heterocycles. The summed E-state index contributed by atoms with van der Waals surface area (Å²) in [5.41, 5.74) is 3.19. The van der Waals surface area contributed by atoms with E-state index >= 15 is 0 Å². The van der Waals surface area contributed by atoms with Crippen LogP contribution >= 0.6 is 0 Å². The van der Waals surface area contributed by atoms with Crippen molar-refractivity contribution in [2.24, 2.45) is 0 Å². The van der Waals surface area contributed by atoms with Gasteiger partial charge in [0.1, 0.15) is 0 Å². The van der Waals surface area contributed by atoms with Gasteiger partial charge in [-0.1, -0.05) is 18.2 Å². The number of likely N-dealkylation sites (tertiary alicyclic amines) is 1. The van der Waals surface area contributed by atoms with Gasteiger partial charge in [0.25, 0.3) is 0 Å². The SMILES string of the molecule is Cc1[nH]c2ccccc2c1CC(=O)N1CC[C@H](O)C1. The van der Waals surface area contributed by atoms with Gasteiger partial charge >= 0.3 is 0 Å². The van der Waals surface area contributed by atoms with Gasteiger partial charge in [0, 0.05) is 29.7 Å². The van der Waals surface area contributed by atoms with Crippen molar-refractivity contribution < 1.29 is 9.90 Å². The molecule has 1 aromatic heterocycles. The highest BCUT2D eigenvalue weighted by Crippen LogP contribution is 2.23. The van der Waals surface area contributed by atoms with Crippen molar-refractivity contribution >= 4 is 16.8 Å². The second-order valence-electron chi connectivity index (χ2n) is 5.23. The Hall–Kier alpha value is -1.81. The minimum absolute atomic E-state index is 0.101. The van der Waals surface area contributed by atoms with Crippen LogP contribution in [-0.4, -0.2) is 40.1 Å². The zero-order valence-electron chi connectivity index (χ0n) is 11.0. The number of para-hydroxylation sites is 1. The van der Waals surface area contributed by atoms with Crippen LogP contribution in [0.1, 0.15) is 17.7 Å². The summed E-state index contributed by atoms with van der Waals surface area (Å²) >= 11 is 0. The second kappa shape index (κ2) is 4.70. The van der Waals surface area contributed by atoms with Crippen LogP contribution in [-0.2, 0) is 11.2 Å². The molecule has 100 valence electrons. The Labute approximate surface area is 112 Å². The summed E-state index contributed by atoms with van der Waals surface area (Å²) in [6, 6.07) is 8.04. The highest BCUT2D eigenvalue weighted by Gasteiger charge is 2.25. The predicted octanol–water partition coefficient (Wildman–Crippen LogP) is 1.61. The smallest absolute Gasteiger partial charge is 0.227 e. The lowest BCUT2D eigenvalue weighted by molar-refractivity contribution is -0.129. The van der Waals surface area contributed by atoms with Crippen molar-refractivity contribution in [2.75, 3.05) is 13.1 Å². The number of carbonyl (C=O) groups excluding carboxylic acids is 1. The zero-order valence-corrected chi connectivity index (χ0v) is 11.0. The van der Waals surface area contributed by atoms with Gasteiger partial charge in [0.15, 0.2) is 0 Å². The van der Waals surface area contributed by atoms with Crippen LogP contribution in [0.2, 0.25) is 0 Å². The molecule has 1 fully saturated rings. The Morgan fingerprint density at radius 1 is 1.47 bits per heavy atom. The van der Waals surface area contributed by atoms with Gasteiger partial charge in [-0.3, -0.25) is 4.79 Å². The van der Waals surface area contributed by atoms with Crippen molar-refractivity contribution in [1.29, 1.82) is 0 Å². The Balaban J connectivity index is 1.85. The van der Waals surface area contributed by atoms with E-state index in [0.717, 1.165) is 22.2 Å². The Kier molecular flexibility index (Phi) is 3.03. The summed E-state index contributed by atoms with van der Waals surface area (Å²) in [6.45, 7) is 3.14. The van der Waals surface area contributed by atoms with Crippen LogP contribution < -0.4 is 0 Å². The minimum atomic E-state index is -0.354. The van der Waals surface area contributed by atoms with Crippen LogP contribution in [0.5, 0.6) is 0 Å². The summed E-state index contributed by atoms with van der Waals surface area (Å²) in [5.74, 6) is 0.101. The van der Waals surface area contributed by atoms with Crippen LogP contribution in [0.15, 0.2) is 24.3 Å². The molecule has 0 radical (unpaired) electrons. The molecule has 2 aromatic rings. The van der Waals surface area contributed by atoms with Crippen LogP contribution in [0.25, 0.3) is 10.9 Å². The molecule has 0 spiro atoms. The number of benzene rings is 1. The molecule has 0 bridgehead atoms. The number of nitrogens with one attached hydrogen (secondary N) is 1. The number of aryl methyl sites for hydroxylation is 1. The Bertz CT molecular complexity index is 618. The third-order valence-corrected chi connectivity index (χ3v) is 3.87. The number of hydrogen-bond donors (Lipinski definition) is 2. The first-order valence-corrected chi connectivity index (χ1v) is 6.67. The molecular weight excluding hydrogens is 240 g/mol. The quantitative estimate of drug-likeness (QED) is 0.860. The van der Waals surface area contributed by atoms with Gasteiger partial charge in [-0.05, 0) is 25.0 Å². The zero-order chi connectivity index (χ0) is 13.4. The van der Waals surface area contributed by atoms with Crippen molar-refractivity contribution in [1.82, 2.24) is 9.88 Å².